The van der Waals surface area contributed by atoms with Gasteiger partial charge in [0.1, 0.15) is 5.82 Å². The Labute approximate surface area is 170 Å². The number of thioether (sulfide) groups is 1. The van der Waals surface area contributed by atoms with Gasteiger partial charge >= 0.3 is 0 Å². The minimum Gasteiger partial charge on any atom is -0.355 e. The summed E-state index contributed by atoms with van der Waals surface area (Å²) in [5.74, 6) is 1.24. The molecule has 0 aliphatic rings. The molecular weight excluding hydrogens is 368 g/mol. The summed E-state index contributed by atoms with van der Waals surface area (Å²) in [6.45, 7) is 2.89. The van der Waals surface area contributed by atoms with Crippen LogP contribution in [0.25, 0.3) is 5.69 Å². The zero-order chi connectivity index (χ0) is 19.6. The van der Waals surface area contributed by atoms with Gasteiger partial charge in [0.25, 0.3) is 0 Å². The molecule has 1 amide bonds. The van der Waals surface area contributed by atoms with E-state index < -0.39 is 0 Å². The first kappa shape index (κ1) is 20.1. The molecule has 0 saturated heterocycles. The zero-order valence-corrected chi connectivity index (χ0v) is 17.0. The summed E-state index contributed by atoms with van der Waals surface area (Å²) in [6, 6.07) is 20.3. The van der Waals surface area contributed by atoms with Gasteiger partial charge in [0.2, 0.25) is 5.91 Å². The van der Waals surface area contributed by atoms with E-state index in [1.807, 2.05) is 53.1 Å². The molecule has 0 aliphatic carbocycles. The van der Waals surface area contributed by atoms with Crippen molar-refractivity contribution in [1.82, 2.24) is 20.1 Å². The van der Waals surface area contributed by atoms with Crippen molar-refractivity contribution in [2.45, 2.75) is 37.8 Å². The predicted octanol–water partition coefficient (Wildman–Crippen LogP) is 4.26. The number of aromatic nitrogens is 3. The van der Waals surface area contributed by atoms with Gasteiger partial charge in [-0.3, -0.25) is 9.36 Å². The number of nitrogens with one attached hydrogen (secondary N) is 1. The van der Waals surface area contributed by atoms with Crippen molar-refractivity contribution < 1.29 is 4.79 Å². The van der Waals surface area contributed by atoms with Crippen LogP contribution in [0.2, 0.25) is 0 Å². The highest BCUT2D eigenvalue weighted by Gasteiger charge is 2.16. The lowest BCUT2D eigenvalue weighted by atomic mass is 10.1. The molecule has 0 spiro atoms. The van der Waals surface area contributed by atoms with E-state index in [1.54, 1.807) is 0 Å². The number of carbonyl (C=O) groups is 1. The Morgan fingerprint density at radius 2 is 1.71 bits per heavy atom. The third-order valence-corrected chi connectivity index (χ3v) is 5.28. The molecule has 0 aliphatic heterocycles. The summed E-state index contributed by atoms with van der Waals surface area (Å²) in [5, 5.41) is 12.5. The normalized spacial score (nSPS) is 10.8. The Kier molecular flexibility index (Phi) is 7.67. The molecule has 3 rings (SSSR count). The molecule has 0 bridgehead atoms. The smallest absolute Gasteiger partial charge is 0.230 e. The number of hydrogen-bond acceptors (Lipinski definition) is 4. The highest BCUT2D eigenvalue weighted by Crippen LogP contribution is 2.23. The molecule has 6 heteroatoms. The largest absolute Gasteiger partial charge is 0.355 e. The van der Waals surface area contributed by atoms with Crippen molar-refractivity contribution in [3.05, 3.63) is 72.1 Å². The van der Waals surface area contributed by atoms with Crippen molar-refractivity contribution in [2.75, 3.05) is 12.3 Å². The van der Waals surface area contributed by atoms with Crippen molar-refractivity contribution in [1.29, 1.82) is 0 Å². The fraction of sp³-hybridized carbons (Fsp3) is 0.318. The van der Waals surface area contributed by atoms with Crippen LogP contribution >= 0.6 is 11.8 Å². The highest BCUT2D eigenvalue weighted by atomic mass is 32.2. The van der Waals surface area contributed by atoms with Crippen molar-refractivity contribution in [2.24, 2.45) is 0 Å². The average molecular weight is 395 g/mol. The van der Waals surface area contributed by atoms with Gasteiger partial charge in [-0.15, -0.1) is 10.2 Å². The maximum atomic E-state index is 12.1. The third kappa shape index (κ3) is 5.70. The van der Waals surface area contributed by atoms with E-state index in [-0.39, 0.29) is 5.91 Å². The second kappa shape index (κ2) is 10.7. The third-order valence-electron chi connectivity index (χ3n) is 4.35. The number of para-hydroxylation sites is 1. The first-order chi connectivity index (χ1) is 13.8. The van der Waals surface area contributed by atoms with Crippen LogP contribution in [0.3, 0.4) is 0 Å². The average Bonchev–Trinajstić information content (AvgIpc) is 3.13. The quantitative estimate of drug-likeness (QED) is 0.412. The molecule has 146 valence electrons. The number of benzene rings is 2. The fourth-order valence-electron chi connectivity index (χ4n) is 2.91. The number of unbranched alkanes of at least 4 members (excludes halogenated alkanes) is 2. The van der Waals surface area contributed by atoms with E-state index in [9.17, 15) is 4.79 Å². The van der Waals surface area contributed by atoms with Gasteiger partial charge in [0.05, 0.1) is 5.75 Å². The summed E-state index contributed by atoms with van der Waals surface area (Å²) in [4.78, 5) is 12.1. The number of rotatable bonds is 10. The predicted molar refractivity (Wildman–Crippen MR) is 114 cm³/mol. The van der Waals surface area contributed by atoms with Crippen LogP contribution in [0.5, 0.6) is 0 Å². The van der Waals surface area contributed by atoms with E-state index >= 15 is 0 Å². The van der Waals surface area contributed by atoms with Crippen LogP contribution in [0.15, 0.2) is 65.8 Å². The Hall–Kier alpha value is -2.60. The molecule has 5 nitrogen and oxygen atoms in total. The van der Waals surface area contributed by atoms with Gasteiger partial charge in [-0.1, -0.05) is 80.1 Å². The van der Waals surface area contributed by atoms with Crippen LogP contribution in [-0.2, 0) is 11.2 Å². The van der Waals surface area contributed by atoms with Crippen molar-refractivity contribution >= 4 is 17.7 Å². The second-order valence-corrected chi connectivity index (χ2v) is 7.52. The fourth-order valence-corrected chi connectivity index (χ4v) is 3.71. The maximum absolute atomic E-state index is 12.1. The first-order valence-corrected chi connectivity index (χ1v) is 10.7. The Morgan fingerprint density at radius 3 is 2.43 bits per heavy atom. The molecular formula is C22H26N4OS. The number of hydrogen-bond donors (Lipinski definition) is 1. The van der Waals surface area contributed by atoms with Gasteiger partial charge < -0.3 is 5.32 Å². The molecule has 2 aromatic carbocycles. The molecule has 3 aromatic rings. The molecule has 0 saturated carbocycles. The van der Waals surface area contributed by atoms with Crippen molar-refractivity contribution in [3.8, 4) is 5.69 Å². The van der Waals surface area contributed by atoms with Gasteiger partial charge in [-0.05, 0) is 24.1 Å². The van der Waals surface area contributed by atoms with Gasteiger partial charge in [-0.2, -0.15) is 0 Å². The molecule has 28 heavy (non-hydrogen) atoms. The standard InChI is InChI=1S/C22H26N4OS/c1-2-3-10-15-23-21(27)17-28-22-25-24-20(16-18-11-6-4-7-12-18)26(22)19-13-8-5-9-14-19/h4-9,11-14H,2-3,10,15-17H2,1H3,(H,23,27). The lowest BCUT2D eigenvalue weighted by Gasteiger charge is -2.10. The topological polar surface area (TPSA) is 59.8 Å². The molecule has 0 atom stereocenters. The summed E-state index contributed by atoms with van der Waals surface area (Å²) < 4.78 is 2.04. The van der Waals surface area contributed by atoms with Crippen LogP contribution in [-0.4, -0.2) is 33.0 Å². The molecule has 1 heterocycles. The van der Waals surface area contributed by atoms with Gasteiger partial charge in [0, 0.05) is 18.7 Å². The molecule has 0 unspecified atom stereocenters. The monoisotopic (exact) mass is 394 g/mol. The lowest BCUT2D eigenvalue weighted by molar-refractivity contribution is -0.118. The van der Waals surface area contributed by atoms with Crippen molar-refractivity contribution in [3.63, 3.8) is 0 Å². The summed E-state index contributed by atoms with van der Waals surface area (Å²) >= 11 is 1.42. The zero-order valence-electron chi connectivity index (χ0n) is 16.2. The second-order valence-electron chi connectivity index (χ2n) is 6.58. The summed E-state index contributed by atoms with van der Waals surface area (Å²) in [6.07, 6.45) is 3.99. The Balaban J connectivity index is 1.73. The number of amides is 1. The van der Waals surface area contributed by atoms with E-state index in [2.05, 4.69) is 34.6 Å². The van der Waals surface area contributed by atoms with Crippen LogP contribution < -0.4 is 5.32 Å². The van der Waals surface area contributed by atoms with Gasteiger partial charge in [-0.25, -0.2) is 0 Å². The van der Waals surface area contributed by atoms with E-state index in [4.69, 9.17) is 0 Å². The Morgan fingerprint density at radius 1 is 1.00 bits per heavy atom. The van der Waals surface area contributed by atoms with E-state index in [0.29, 0.717) is 12.2 Å². The summed E-state index contributed by atoms with van der Waals surface area (Å²) in [5.41, 5.74) is 2.18. The number of carbonyl (C=O) groups excluding carboxylic acids is 1. The first-order valence-electron chi connectivity index (χ1n) is 9.71. The molecule has 0 radical (unpaired) electrons. The lowest BCUT2D eigenvalue weighted by Crippen LogP contribution is -2.26. The molecule has 1 N–H and O–H groups in total. The minimum absolute atomic E-state index is 0.0355. The van der Waals surface area contributed by atoms with Gasteiger partial charge in [0.15, 0.2) is 5.16 Å². The Bertz CT molecular complexity index is 865. The van der Waals surface area contributed by atoms with Crippen LogP contribution in [0, 0.1) is 0 Å². The van der Waals surface area contributed by atoms with Crippen LogP contribution in [0.1, 0.15) is 37.6 Å². The SMILES string of the molecule is CCCCCNC(=O)CSc1nnc(Cc2ccccc2)n1-c1ccccc1. The highest BCUT2D eigenvalue weighted by molar-refractivity contribution is 7.99. The maximum Gasteiger partial charge on any atom is 0.230 e. The number of nitrogens with zero attached hydrogens (tertiary/aromatic N) is 3. The van der Waals surface area contributed by atoms with E-state index in [1.165, 1.54) is 17.3 Å². The minimum atomic E-state index is 0.0355. The molecule has 0 fully saturated rings. The van der Waals surface area contributed by atoms with Crippen LogP contribution in [0.4, 0.5) is 0 Å². The molecule has 1 aromatic heterocycles. The summed E-state index contributed by atoms with van der Waals surface area (Å²) in [7, 11) is 0. The van der Waals surface area contributed by atoms with E-state index in [0.717, 1.165) is 42.5 Å².